The molecule has 7 heteroatoms. The summed E-state index contributed by atoms with van der Waals surface area (Å²) in [6, 6.07) is 17.9. The summed E-state index contributed by atoms with van der Waals surface area (Å²) >= 11 is 6.35. The standard InChI is InChI=1S/C23H24ClN5O/c24-20-9-5-4-8-17(20)12-28-13-18-10-21-26-27-22(29(21)15-19(18)14-28)23(30)25-11-16-6-2-1-3-7-16/h1-9,18-19H,10-15H2,(H,25,30)/t18-,19+/m0/s1. The Balaban J connectivity index is 1.24. The van der Waals surface area contributed by atoms with E-state index in [0.717, 1.165) is 54.6 Å². The molecule has 2 aliphatic rings. The maximum Gasteiger partial charge on any atom is 0.289 e. The Morgan fingerprint density at radius 2 is 1.77 bits per heavy atom. The molecule has 2 aromatic carbocycles. The van der Waals surface area contributed by atoms with Crippen LogP contribution in [0.3, 0.4) is 0 Å². The molecule has 1 aromatic heterocycles. The minimum atomic E-state index is -0.165. The zero-order chi connectivity index (χ0) is 20.5. The third-order valence-corrected chi connectivity index (χ3v) is 6.56. The Hall–Kier alpha value is -2.70. The predicted molar refractivity (Wildman–Crippen MR) is 115 cm³/mol. The molecule has 0 spiro atoms. The van der Waals surface area contributed by atoms with Gasteiger partial charge in [0.2, 0.25) is 5.82 Å². The smallest absolute Gasteiger partial charge is 0.289 e. The van der Waals surface area contributed by atoms with Gasteiger partial charge < -0.3 is 9.88 Å². The second-order valence-electron chi connectivity index (χ2n) is 8.23. The average molecular weight is 422 g/mol. The first-order chi connectivity index (χ1) is 14.7. The van der Waals surface area contributed by atoms with Gasteiger partial charge in [-0.15, -0.1) is 10.2 Å². The van der Waals surface area contributed by atoms with Crippen molar-refractivity contribution in [1.29, 1.82) is 0 Å². The van der Waals surface area contributed by atoms with Crippen LogP contribution in [-0.2, 0) is 26.1 Å². The molecule has 5 rings (SSSR count). The van der Waals surface area contributed by atoms with Gasteiger partial charge in [-0.2, -0.15) is 0 Å². The van der Waals surface area contributed by atoms with E-state index in [9.17, 15) is 4.79 Å². The number of hydrogen-bond acceptors (Lipinski definition) is 4. The number of amides is 1. The van der Waals surface area contributed by atoms with Crippen LogP contribution >= 0.6 is 11.6 Å². The summed E-state index contributed by atoms with van der Waals surface area (Å²) in [5, 5.41) is 12.3. The lowest BCUT2D eigenvalue weighted by atomic mass is 9.89. The van der Waals surface area contributed by atoms with Gasteiger partial charge in [-0.1, -0.05) is 60.1 Å². The van der Waals surface area contributed by atoms with E-state index in [1.807, 2.05) is 53.1 Å². The lowest BCUT2D eigenvalue weighted by Crippen LogP contribution is -2.32. The first-order valence-corrected chi connectivity index (χ1v) is 10.7. The molecule has 2 atom stereocenters. The lowest BCUT2D eigenvalue weighted by molar-refractivity contribution is 0.0932. The molecule has 0 radical (unpaired) electrons. The van der Waals surface area contributed by atoms with Crippen molar-refractivity contribution in [3.05, 3.63) is 82.4 Å². The highest BCUT2D eigenvalue weighted by atomic mass is 35.5. The largest absolute Gasteiger partial charge is 0.345 e. The average Bonchev–Trinajstić information content (AvgIpc) is 3.35. The first kappa shape index (κ1) is 19.3. The second kappa shape index (κ2) is 8.20. The molecule has 2 aliphatic heterocycles. The summed E-state index contributed by atoms with van der Waals surface area (Å²) in [6.45, 7) is 4.16. The Kier molecular flexibility index (Phi) is 5.27. The van der Waals surface area contributed by atoms with E-state index in [0.29, 0.717) is 24.2 Å². The Bertz CT molecular complexity index is 1050. The number of carbonyl (C=O) groups is 1. The van der Waals surface area contributed by atoms with E-state index in [2.05, 4.69) is 26.5 Å². The number of rotatable bonds is 5. The highest BCUT2D eigenvalue weighted by Gasteiger charge is 2.39. The SMILES string of the molecule is O=C(NCc1ccccc1)c1nnc2n1C[C@H]1CN(Cc3ccccc3Cl)C[C@@H]1C2. The molecule has 0 bridgehead atoms. The van der Waals surface area contributed by atoms with Gasteiger partial charge in [0.1, 0.15) is 5.82 Å². The number of benzene rings is 2. The fourth-order valence-electron chi connectivity index (χ4n) is 4.64. The van der Waals surface area contributed by atoms with Gasteiger partial charge in [0.25, 0.3) is 5.91 Å². The molecule has 30 heavy (non-hydrogen) atoms. The van der Waals surface area contributed by atoms with Gasteiger partial charge in [-0.25, -0.2) is 0 Å². The van der Waals surface area contributed by atoms with Crippen LogP contribution in [-0.4, -0.2) is 38.7 Å². The van der Waals surface area contributed by atoms with Crippen LogP contribution < -0.4 is 5.32 Å². The van der Waals surface area contributed by atoms with Crippen molar-refractivity contribution in [2.75, 3.05) is 13.1 Å². The minimum absolute atomic E-state index is 0.165. The molecular formula is C23H24ClN5O. The van der Waals surface area contributed by atoms with Gasteiger partial charge in [-0.05, 0) is 29.0 Å². The van der Waals surface area contributed by atoms with E-state index in [-0.39, 0.29) is 5.91 Å². The number of fused-ring (bicyclic) bond motifs is 2. The van der Waals surface area contributed by atoms with Gasteiger partial charge >= 0.3 is 0 Å². The van der Waals surface area contributed by atoms with Crippen molar-refractivity contribution in [3.63, 3.8) is 0 Å². The minimum Gasteiger partial charge on any atom is -0.345 e. The quantitative estimate of drug-likeness (QED) is 0.687. The third kappa shape index (κ3) is 3.85. The summed E-state index contributed by atoms with van der Waals surface area (Å²) in [7, 11) is 0. The summed E-state index contributed by atoms with van der Waals surface area (Å²) in [5.41, 5.74) is 2.23. The predicted octanol–water partition coefficient (Wildman–Crippen LogP) is 3.17. The van der Waals surface area contributed by atoms with Gasteiger partial charge in [-0.3, -0.25) is 9.69 Å². The van der Waals surface area contributed by atoms with Crippen molar-refractivity contribution in [1.82, 2.24) is 25.0 Å². The van der Waals surface area contributed by atoms with Crippen molar-refractivity contribution in [2.24, 2.45) is 11.8 Å². The van der Waals surface area contributed by atoms with Crippen molar-refractivity contribution in [3.8, 4) is 0 Å². The number of likely N-dealkylation sites (tertiary alicyclic amines) is 1. The van der Waals surface area contributed by atoms with Crippen molar-refractivity contribution in [2.45, 2.75) is 26.1 Å². The van der Waals surface area contributed by atoms with Crippen LogP contribution in [0.25, 0.3) is 0 Å². The monoisotopic (exact) mass is 421 g/mol. The molecule has 1 N–H and O–H groups in total. The Labute approximate surface area is 180 Å². The number of halogens is 1. The third-order valence-electron chi connectivity index (χ3n) is 6.19. The number of aromatic nitrogens is 3. The summed E-state index contributed by atoms with van der Waals surface area (Å²) in [5.74, 6) is 2.22. The summed E-state index contributed by atoms with van der Waals surface area (Å²) in [4.78, 5) is 15.2. The topological polar surface area (TPSA) is 63.1 Å². The maximum atomic E-state index is 12.7. The second-order valence-corrected chi connectivity index (χ2v) is 8.64. The van der Waals surface area contributed by atoms with Crippen LogP contribution in [0.5, 0.6) is 0 Å². The van der Waals surface area contributed by atoms with Crippen LogP contribution in [0.2, 0.25) is 5.02 Å². The fourth-order valence-corrected chi connectivity index (χ4v) is 4.84. The molecule has 0 unspecified atom stereocenters. The van der Waals surface area contributed by atoms with E-state index in [1.54, 1.807) is 0 Å². The molecule has 1 amide bonds. The highest BCUT2D eigenvalue weighted by Crippen LogP contribution is 2.33. The molecule has 3 heterocycles. The van der Waals surface area contributed by atoms with Gasteiger partial charge in [0.15, 0.2) is 0 Å². The zero-order valence-corrected chi connectivity index (χ0v) is 17.4. The molecule has 1 saturated heterocycles. The lowest BCUT2D eigenvalue weighted by Gasteiger charge is -2.25. The Morgan fingerprint density at radius 3 is 2.60 bits per heavy atom. The number of hydrogen-bond donors (Lipinski definition) is 1. The van der Waals surface area contributed by atoms with Crippen molar-refractivity contribution < 1.29 is 4.79 Å². The van der Waals surface area contributed by atoms with Crippen molar-refractivity contribution >= 4 is 17.5 Å². The fraction of sp³-hybridized carbons (Fsp3) is 0.348. The number of nitrogens with zero attached hydrogens (tertiary/aromatic N) is 4. The van der Waals surface area contributed by atoms with E-state index < -0.39 is 0 Å². The van der Waals surface area contributed by atoms with Crippen LogP contribution in [0.15, 0.2) is 54.6 Å². The normalized spacial score (nSPS) is 20.6. The molecule has 0 saturated carbocycles. The number of carbonyl (C=O) groups excluding carboxylic acids is 1. The summed E-state index contributed by atoms with van der Waals surface area (Å²) in [6.07, 6.45) is 0.864. The molecular weight excluding hydrogens is 398 g/mol. The van der Waals surface area contributed by atoms with Crippen LogP contribution in [0.1, 0.15) is 27.6 Å². The zero-order valence-electron chi connectivity index (χ0n) is 16.7. The van der Waals surface area contributed by atoms with E-state index in [1.165, 1.54) is 0 Å². The van der Waals surface area contributed by atoms with E-state index >= 15 is 0 Å². The number of nitrogens with one attached hydrogen (secondary N) is 1. The highest BCUT2D eigenvalue weighted by molar-refractivity contribution is 6.31. The molecule has 6 nitrogen and oxygen atoms in total. The molecule has 0 aliphatic carbocycles. The first-order valence-electron chi connectivity index (χ1n) is 10.4. The summed E-state index contributed by atoms with van der Waals surface area (Å²) < 4.78 is 2.01. The maximum absolute atomic E-state index is 12.7. The van der Waals surface area contributed by atoms with Gasteiger partial charge in [0.05, 0.1) is 0 Å². The molecule has 1 fully saturated rings. The van der Waals surface area contributed by atoms with E-state index in [4.69, 9.17) is 11.6 Å². The van der Waals surface area contributed by atoms with Crippen LogP contribution in [0.4, 0.5) is 0 Å². The van der Waals surface area contributed by atoms with Gasteiger partial charge in [0, 0.05) is 44.2 Å². The Morgan fingerprint density at radius 1 is 1.00 bits per heavy atom. The molecule has 3 aromatic rings. The molecule has 154 valence electrons. The van der Waals surface area contributed by atoms with Crippen LogP contribution in [0, 0.1) is 11.8 Å².